The van der Waals surface area contributed by atoms with E-state index in [0.717, 1.165) is 9.13 Å². The highest BCUT2D eigenvalue weighted by molar-refractivity contribution is 14.1. The Kier molecular flexibility index (Phi) is 7.95. The number of aliphatic hydroxyl groups is 1. The van der Waals surface area contributed by atoms with Crippen molar-refractivity contribution in [2.24, 2.45) is 0 Å². The van der Waals surface area contributed by atoms with Crippen LogP contribution in [0.5, 0.6) is 0 Å². The molecular weight excluding hydrogens is 537 g/mol. The van der Waals surface area contributed by atoms with Crippen molar-refractivity contribution in [1.82, 2.24) is 5.48 Å². The molecule has 2 aromatic rings. The number of nitrogens with one attached hydrogen (secondary N) is 2. The maximum atomic E-state index is 14.6. The zero-order valence-electron chi connectivity index (χ0n) is 14.6. The second kappa shape index (κ2) is 9.76. The van der Waals surface area contributed by atoms with Crippen molar-refractivity contribution in [2.75, 3.05) is 11.9 Å². The fourth-order valence-corrected chi connectivity index (χ4v) is 3.29. The van der Waals surface area contributed by atoms with Crippen molar-refractivity contribution in [1.29, 1.82) is 0 Å². The minimum Gasteiger partial charge on any atom is -0.394 e. The van der Waals surface area contributed by atoms with Crippen molar-refractivity contribution in [3.8, 4) is 0 Å². The molecule has 5 nitrogen and oxygen atoms in total. The van der Waals surface area contributed by atoms with Gasteiger partial charge in [-0.15, -0.1) is 0 Å². The maximum absolute atomic E-state index is 14.6. The molecule has 0 radical (unpaired) electrons. The van der Waals surface area contributed by atoms with Gasteiger partial charge in [-0.05, 0) is 81.7 Å². The Bertz CT molecular complexity index is 848. The molecule has 9 heteroatoms. The Hall–Kier alpha value is -1.30. The Labute approximate surface area is 177 Å². The summed E-state index contributed by atoms with van der Waals surface area (Å²) in [5.41, 5.74) is 3.06. The zero-order chi connectivity index (χ0) is 20.1. The van der Waals surface area contributed by atoms with Gasteiger partial charge in [-0.25, -0.2) is 14.3 Å². The second-order valence-electron chi connectivity index (χ2n) is 5.76. The third kappa shape index (κ3) is 5.37. The van der Waals surface area contributed by atoms with Gasteiger partial charge in [0, 0.05) is 9.26 Å². The number of amides is 1. The van der Waals surface area contributed by atoms with Crippen LogP contribution in [0, 0.1) is 22.1 Å². The molecule has 0 aliphatic rings. The van der Waals surface area contributed by atoms with E-state index in [9.17, 15) is 13.6 Å². The maximum Gasteiger partial charge on any atom is 0.277 e. The number of halogens is 4. The second-order valence-corrected chi connectivity index (χ2v) is 7.85. The van der Waals surface area contributed by atoms with E-state index in [-0.39, 0.29) is 22.3 Å². The lowest BCUT2D eigenvalue weighted by Gasteiger charge is -2.17. The molecule has 146 valence electrons. The first-order valence-corrected chi connectivity index (χ1v) is 9.93. The van der Waals surface area contributed by atoms with Crippen LogP contribution in [0.3, 0.4) is 0 Å². The summed E-state index contributed by atoms with van der Waals surface area (Å²) in [5, 5.41) is 11.9. The fraction of sp³-hybridized carbons (Fsp3) is 0.278. The third-order valence-electron chi connectivity index (χ3n) is 3.83. The van der Waals surface area contributed by atoms with E-state index < -0.39 is 23.6 Å². The predicted molar refractivity (Wildman–Crippen MR) is 111 cm³/mol. The van der Waals surface area contributed by atoms with Crippen LogP contribution in [0.2, 0.25) is 0 Å². The summed E-state index contributed by atoms with van der Waals surface area (Å²) < 4.78 is 29.4. The lowest BCUT2D eigenvalue weighted by Crippen LogP contribution is -2.31. The number of carbonyl (C=O) groups is 1. The Morgan fingerprint density at radius 3 is 2.63 bits per heavy atom. The molecule has 0 aliphatic heterocycles. The lowest BCUT2D eigenvalue weighted by atomic mass is 10.1. The summed E-state index contributed by atoms with van der Waals surface area (Å²) in [5.74, 6) is -3.08. The molecule has 27 heavy (non-hydrogen) atoms. The molecule has 0 aromatic heterocycles. The number of rotatable bonds is 7. The Morgan fingerprint density at radius 2 is 2.04 bits per heavy atom. The highest BCUT2D eigenvalue weighted by Gasteiger charge is 2.23. The zero-order valence-corrected chi connectivity index (χ0v) is 18.3. The molecule has 1 amide bonds. The summed E-state index contributed by atoms with van der Waals surface area (Å²) in [6.07, 6.45) is -0.136. The van der Waals surface area contributed by atoms with E-state index in [1.807, 2.05) is 13.0 Å². The van der Waals surface area contributed by atoms with Gasteiger partial charge < -0.3 is 10.4 Å². The van der Waals surface area contributed by atoms with Crippen molar-refractivity contribution in [3.63, 3.8) is 0 Å². The van der Waals surface area contributed by atoms with Gasteiger partial charge in [0.05, 0.1) is 22.3 Å². The van der Waals surface area contributed by atoms with Gasteiger partial charge in [-0.2, -0.15) is 0 Å². The van der Waals surface area contributed by atoms with Crippen LogP contribution >= 0.6 is 38.5 Å². The molecule has 2 aromatic carbocycles. The average molecular weight is 555 g/mol. The predicted octanol–water partition coefficient (Wildman–Crippen LogP) is 4.82. The van der Waals surface area contributed by atoms with Crippen molar-refractivity contribution < 1.29 is 23.5 Å². The lowest BCUT2D eigenvalue weighted by molar-refractivity contribution is -0.0408. The largest absolute Gasteiger partial charge is 0.394 e. The van der Waals surface area contributed by atoms with Crippen LogP contribution in [0.25, 0.3) is 0 Å². The van der Waals surface area contributed by atoms with E-state index in [2.05, 4.69) is 49.3 Å². The van der Waals surface area contributed by atoms with E-state index in [1.165, 1.54) is 6.07 Å². The standard InChI is InChI=1S/C18H18BrF2IN2O3/c1-3-11(8-25)27-24-18(26)12-7-13(19)15(20)16(21)17(12)23-14-5-4-10(22)6-9(14)2/h4-7,11,23,25H,3,8H2,1-2H3,(H,24,26). The molecule has 0 fully saturated rings. The first kappa shape index (κ1) is 22.0. The molecular formula is C18H18BrF2IN2O3. The van der Waals surface area contributed by atoms with E-state index in [0.29, 0.717) is 12.1 Å². The monoisotopic (exact) mass is 554 g/mol. The van der Waals surface area contributed by atoms with Crippen LogP contribution in [-0.4, -0.2) is 23.7 Å². The van der Waals surface area contributed by atoms with Crippen LogP contribution in [0.1, 0.15) is 29.3 Å². The quantitative estimate of drug-likeness (QED) is 0.261. The number of hydroxylamine groups is 1. The summed E-state index contributed by atoms with van der Waals surface area (Å²) in [6.45, 7) is 3.30. The van der Waals surface area contributed by atoms with Crippen molar-refractivity contribution >= 4 is 55.8 Å². The highest BCUT2D eigenvalue weighted by Crippen LogP contribution is 2.32. The number of benzene rings is 2. The number of hydrogen-bond donors (Lipinski definition) is 3. The number of hydrogen-bond acceptors (Lipinski definition) is 4. The highest BCUT2D eigenvalue weighted by atomic mass is 127. The minimum atomic E-state index is -1.19. The van der Waals surface area contributed by atoms with Crippen LogP contribution < -0.4 is 10.8 Å². The topological polar surface area (TPSA) is 70.6 Å². The van der Waals surface area contributed by atoms with Gasteiger partial charge in [0.1, 0.15) is 6.10 Å². The number of anilines is 2. The number of aliphatic hydroxyl groups excluding tert-OH is 1. The molecule has 1 unspecified atom stereocenters. The van der Waals surface area contributed by atoms with Crippen LogP contribution in [0.15, 0.2) is 28.7 Å². The molecule has 0 heterocycles. The average Bonchev–Trinajstić information content (AvgIpc) is 2.64. The molecule has 0 saturated heterocycles. The normalized spacial score (nSPS) is 12.0. The smallest absolute Gasteiger partial charge is 0.277 e. The molecule has 0 spiro atoms. The van der Waals surface area contributed by atoms with Crippen LogP contribution in [0.4, 0.5) is 20.2 Å². The molecule has 1 atom stereocenters. The van der Waals surface area contributed by atoms with Gasteiger partial charge in [-0.3, -0.25) is 9.63 Å². The van der Waals surface area contributed by atoms with Crippen molar-refractivity contribution in [2.45, 2.75) is 26.4 Å². The summed E-state index contributed by atoms with van der Waals surface area (Å²) in [6, 6.07) is 6.56. The first-order chi connectivity index (χ1) is 12.8. The molecule has 0 bridgehead atoms. The van der Waals surface area contributed by atoms with E-state index in [1.54, 1.807) is 19.1 Å². The fourth-order valence-electron chi connectivity index (χ4n) is 2.24. The Balaban J connectivity index is 2.40. The van der Waals surface area contributed by atoms with Crippen LogP contribution in [-0.2, 0) is 4.84 Å². The van der Waals surface area contributed by atoms with Crippen molar-refractivity contribution in [3.05, 3.63) is 55.1 Å². The molecule has 2 rings (SSSR count). The van der Waals surface area contributed by atoms with Gasteiger partial charge in [0.15, 0.2) is 11.6 Å². The molecule has 0 saturated carbocycles. The van der Waals surface area contributed by atoms with E-state index in [4.69, 9.17) is 9.94 Å². The number of aryl methyl sites for hydroxylation is 1. The SMILES string of the molecule is CCC(CO)ONC(=O)c1cc(Br)c(F)c(F)c1Nc1ccc(I)cc1C. The summed E-state index contributed by atoms with van der Waals surface area (Å²) in [4.78, 5) is 17.6. The van der Waals surface area contributed by atoms with Gasteiger partial charge >= 0.3 is 0 Å². The minimum absolute atomic E-state index is 0.147. The summed E-state index contributed by atoms with van der Waals surface area (Å²) in [7, 11) is 0. The summed E-state index contributed by atoms with van der Waals surface area (Å²) >= 11 is 5.05. The van der Waals surface area contributed by atoms with Gasteiger partial charge in [-0.1, -0.05) is 6.92 Å². The third-order valence-corrected chi connectivity index (χ3v) is 5.08. The molecule has 0 aliphatic carbocycles. The first-order valence-electron chi connectivity index (χ1n) is 8.06. The molecule has 3 N–H and O–H groups in total. The Morgan fingerprint density at radius 1 is 1.33 bits per heavy atom. The number of carbonyl (C=O) groups excluding carboxylic acids is 1. The van der Waals surface area contributed by atoms with Gasteiger partial charge in [0.25, 0.3) is 5.91 Å². The van der Waals surface area contributed by atoms with Gasteiger partial charge in [0.2, 0.25) is 0 Å². The van der Waals surface area contributed by atoms with E-state index >= 15 is 0 Å².